The van der Waals surface area contributed by atoms with Crippen LogP contribution in [0.15, 0.2) is 42.5 Å². The molecule has 136 valence electrons. The molecule has 0 spiro atoms. The Labute approximate surface area is 152 Å². The largest absolute Gasteiger partial charge is 0.486 e. The Hall–Kier alpha value is -3.34. The summed E-state index contributed by atoms with van der Waals surface area (Å²) in [6, 6.07) is 12.9. The van der Waals surface area contributed by atoms with Crippen LogP contribution in [0.1, 0.15) is 34.9 Å². The predicted molar refractivity (Wildman–Crippen MR) is 89.7 cm³/mol. The van der Waals surface area contributed by atoms with Crippen LogP contribution in [0, 0.1) is 11.3 Å². The van der Waals surface area contributed by atoms with Crippen molar-refractivity contribution in [2.45, 2.75) is 25.1 Å². The van der Waals surface area contributed by atoms with Gasteiger partial charge in [0.25, 0.3) is 0 Å². The molecule has 3 aromatic rings. The van der Waals surface area contributed by atoms with Gasteiger partial charge in [-0.2, -0.15) is 18.4 Å². The molecule has 0 amide bonds. The zero-order chi connectivity index (χ0) is 19.0. The number of hydrogen-bond donors (Lipinski definition) is 1. The Morgan fingerprint density at radius 1 is 1.19 bits per heavy atom. The Morgan fingerprint density at radius 2 is 2.00 bits per heavy atom. The van der Waals surface area contributed by atoms with E-state index >= 15 is 0 Å². The van der Waals surface area contributed by atoms with E-state index in [-0.39, 0.29) is 28.8 Å². The third-order valence-electron chi connectivity index (χ3n) is 4.52. The van der Waals surface area contributed by atoms with E-state index in [9.17, 15) is 13.2 Å². The maximum Gasteiger partial charge on any atom is 0.416 e. The first-order valence-electron chi connectivity index (χ1n) is 8.24. The highest BCUT2D eigenvalue weighted by Gasteiger charge is 2.33. The van der Waals surface area contributed by atoms with Crippen molar-refractivity contribution in [3.63, 3.8) is 0 Å². The molecule has 1 unspecified atom stereocenters. The monoisotopic (exact) mass is 370 g/mol. The molecule has 2 aromatic carbocycles. The molecule has 1 N–H and O–H groups in total. The van der Waals surface area contributed by atoms with Gasteiger partial charge in [-0.05, 0) is 42.2 Å². The number of benzene rings is 2. The average molecular weight is 370 g/mol. The van der Waals surface area contributed by atoms with Gasteiger partial charge < -0.3 is 4.74 Å². The number of aromatic nitrogens is 3. The Balaban J connectivity index is 1.75. The van der Waals surface area contributed by atoms with Crippen LogP contribution in [0.3, 0.4) is 0 Å². The van der Waals surface area contributed by atoms with Crippen LogP contribution in [0.2, 0.25) is 0 Å². The number of fused-ring (bicyclic) bond motifs is 1. The van der Waals surface area contributed by atoms with Gasteiger partial charge in [0.05, 0.1) is 5.56 Å². The molecule has 0 radical (unpaired) electrons. The lowest BCUT2D eigenvalue weighted by Gasteiger charge is -2.17. The topological polar surface area (TPSA) is 74.6 Å². The summed E-state index contributed by atoms with van der Waals surface area (Å²) in [7, 11) is 0. The highest BCUT2D eigenvalue weighted by Crippen LogP contribution is 2.39. The molecule has 1 atom stereocenters. The van der Waals surface area contributed by atoms with Crippen LogP contribution in [0.5, 0.6) is 5.75 Å². The summed E-state index contributed by atoms with van der Waals surface area (Å²) < 4.78 is 46.0. The molecule has 0 aliphatic heterocycles. The predicted octanol–water partition coefficient (Wildman–Crippen LogP) is 4.43. The smallest absolute Gasteiger partial charge is 0.416 e. The molecule has 0 fully saturated rings. The maximum atomic E-state index is 13.4. The highest BCUT2D eigenvalue weighted by atomic mass is 19.4. The number of nitrogens with zero attached hydrogens (tertiary/aromatic N) is 3. The summed E-state index contributed by atoms with van der Waals surface area (Å²) in [4.78, 5) is 0. The van der Waals surface area contributed by atoms with Crippen molar-refractivity contribution in [3.8, 4) is 23.1 Å². The highest BCUT2D eigenvalue weighted by molar-refractivity contribution is 5.67. The number of aromatic amines is 1. The van der Waals surface area contributed by atoms with Gasteiger partial charge in [0.1, 0.15) is 23.6 Å². The fourth-order valence-corrected chi connectivity index (χ4v) is 3.28. The van der Waals surface area contributed by atoms with E-state index in [1.54, 1.807) is 0 Å². The van der Waals surface area contributed by atoms with Crippen molar-refractivity contribution in [2.75, 3.05) is 0 Å². The van der Waals surface area contributed by atoms with Gasteiger partial charge in [0.2, 0.25) is 0 Å². The standard InChI is InChI=1S/C19H13F3N4O/c20-19(21,22)13-7-12(18-16(10-23)24-26-25-18)8-14(9-13)27-17-6-5-11-3-1-2-4-15(11)17/h1-4,7-9,17H,5-6H2,(H,24,25,26). The molecule has 27 heavy (non-hydrogen) atoms. The van der Waals surface area contributed by atoms with E-state index in [4.69, 9.17) is 10.00 Å². The van der Waals surface area contributed by atoms with Crippen LogP contribution >= 0.6 is 0 Å². The summed E-state index contributed by atoms with van der Waals surface area (Å²) >= 11 is 0. The number of rotatable bonds is 3. The average Bonchev–Trinajstić information content (AvgIpc) is 3.28. The summed E-state index contributed by atoms with van der Waals surface area (Å²) in [6.07, 6.45) is -3.37. The zero-order valence-electron chi connectivity index (χ0n) is 13.9. The number of aryl methyl sites for hydroxylation is 1. The van der Waals surface area contributed by atoms with Crippen molar-refractivity contribution >= 4 is 0 Å². The molecule has 4 rings (SSSR count). The number of H-pyrrole nitrogens is 1. The second-order valence-electron chi connectivity index (χ2n) is 6.24. The summed E-state index contributed by atoms with van der Waals surface area (Å²) in [5.74, 6) is 0.0772. The SMILES string of the molecule is N#Cc1[nH]nnc1-c1cc(OC2CCc3ccccc32)cc(C(F)(F)F)c1. The third kappa shape index (κ3) is 3.24. The molecular weight excluding hydrogens is 357 g/mol. The summed E-state index contributed by atoms with van der Waals surface area (Å²) in [5, 5.41) is 18.7. The van der Waals surface area contributed by atoms with Crippen LogP contribution in [-0.4, -0.2) is 15.4 Å². The molecule has 0 saturated carbocycles. The zero-order valence-corrected chi connectivity index (χ0v) is 13.9. The van der Waals surface area contributed by atoms with Crippen LogP contribution < -0.4 is 4.74 Å². The van der Waals surface area contributed by atoms with Crippen molar-refractivity contribution in [3.05, 3.63) is 64.8 Å². The lowest BCUT2D eigenvalue weighted by Crippen LogP contribution is -2.08. The maximum absolute atomic E-state index is 13.4. The minimum absolute atomic E-state index is 0.00788. The molecule has 1 heterocycles. The fourth-order valence-electron chi connectivity index (χ4n) is 3.28. The van der Waals surface area contributed by atoms with Gasteiger partial charge in [-0.25, -0.2) is 5.10 Å². The number of nitriles is 1. The molecule has 5 nitrogen and oxygen atoms in total. The normalized spacial score (nSPS) is 16.0. The van der Waals surface area contributed by atoms with Gasteiger partial charge in [-0.15, -0.1) is 5.10 Å². The molecule has 0 saturated heterocycles. The minimum Gasteiger partial charge on any atom is -0.486 e. The second kappa shape index (κ2) is 6.43. The number of alkyl halides is 3. The van der Waals surface area contributed by atoms with Crippen molar-refractivity contribution in [1.82, 2.24) is 15.4 Å². The molecule has 1 aliphatic rings. The van der Waals surface area contributed by atoms with E-state index in [0.29, 0.717) is 6.42 Å². The summed E-state index contributed by atoms with van der Waals surface area (Å²) in [6.45, 7) is 0. The lowest BCUT2D eigenvalue weighted by atomic mass is 10.1. The first-order valence-corrected chi connectivity index (χ1v) is 8.24. The van der Waals surface area contributed by atoms with E-state index < -0.39 is 11.7 Å². The number of nitrogens with one attached hydrogen (secondary N) is 1. The van der Waals surface area contributed by atoms with E-state index in [1.165, 1.54) is 6.07 Å². The Kier molecular flexibility index (Phi) is 4.07. The molecule has 1 aromatic heterocycles. The molecule has 8 heteroatoms. The van der Waals surface area contributed by atoms with Gasteiger partial charge in [0.15, 0.2) is 5.69 Å². The van der Waals surface area contributed by atoms with Gasteiger partial charge in [-0.3, -0.25) is 0 Å². The quantitative estimate of drug-likeness (QED) is 0.740. The third-order valence-corrected chi connectivity index (χ3v) is 4.52. The number of hydrogen-bond acceptors (Lipinski definition) is 4. The minimum atomic E-state index is -4.56. The lowest BCUT2D eigenvalue weighted by molar-refractivity contribution is -0.137. The molecule has 0 bridgehead atoms. The van der Waals surface area contributed by atoms with Crippen LogP contribution in [0.4, 0.5) is 13.2 Å². The van der Waals surface area contributed by atoms with Crippen molar-refractivity contribution in [2.24, 2.45) is 0 Å². The number of halogens is 3. The van der Waals surface area contributed by atoms with Gasteiger partial charge >= 0.3 is 6.18 Å². The van der Waals surface area contributed by atoms with E-state index in [2.05, 4.69) is 15.4 Å². The van der Waals surface area contributed by atoms with Crippen LogP contribution in [-0.2, 0) is 12.6 Å². The van der Waals surface area contributed by atoms with Crippen molar-refractivity contribution in [1.29, 1.82) is 5.26 Å². The van der Waals surface area contributed by atoms with Crippen LogP contribution in [0.25, 0.3) is 11.3 Å². The Morgan fingerprint density at radius 3 is 2.78 bits per heavy atom. The van der Waals surface area contributed by atoms with Gasteiger partial charge in [0, 0.05) is 5.56 Å². The second-order valence-corrected chi connectivity index (χ2v) is 6.24. The van der Waals surface area contributed by atoms with Crippen molar-refractivity contribution < 1.29 is 17.9 Å². The number of ether oxygens (including phenoxy) is 1. The summed E-state index contributed by atoms with van der Waals surface area (Å²) in [5.41, 5.74) is 1.42. The molecule has 1 aliphatic carbocycles. The first-order chi connectivity index (χ1) is 13.0. The van der Waals surface area contributed by atoms with E-state index in [0.717, 1.165) is 29.7 Å². The van der Waals surface area contributed by atoms with E-state index in [1.807, 2.05) is 30.3 Å². The fraction of sp³-hybridized carbons (Fsp3) is 0.211. The van der Waals surface area contributed by atoms with Gasteiger partial charge in [-0.1, -0.05) is 29.5 Å². The molecular formula is C19H13F3N4O. The Bertz CT molecular complexity index is 1040. The first kappa shape index (κ1) is 17.1.